The summed E-state index contributed by atoms with van der Waals surface area (Å²) in [6.45, 7) is 38.5. The van der Waals surface area contributed by atoms with Crippen LogP contribution < -0.4 is 113 Å². The number of halogens is 3. The van der Waals surface area contributed by atoms with E-state index >= 15 is 0 Å². The summed E-state index contributed by atoms with van der Waals surface area (Å²) in [4.78, 5) is 60.0. The van der Waals surface area contributed by atoms with Crippen molar-refractivity contribution in [1.82, 2.24) is 29.8 Å². The van der Waals surface area contributed by atoms with Crippen LogP contribution in [0.4, 0.5) is 4.39 Å². The molecule has 6 saturated heterocycles. The first kappa shape index (κ1) is 98.9. The van der Waals surface area contributed by atoms with Crippen LogP contribution in [-0.4, -0.2) is 209 Å². The molecule has 656 valence electrons. The molecule has 12 aliphatic carbocycles. The largest absolute Gasteiger partial charge is 1.00 e. The molecule has 6 heterocycles. The molecule has 18 aliphatic rings. The molecule has 118 heavy (non-hydrogen) atoms. The van der Waals surface area contributed by atoms with Crippen molar-refractivity contribution in [3.63, 3.8) is 0 Å². The van der Waals surface area contributed by atoms with E-state index in [1.54, 1.807) is 33.4 Å². The summed E-state index contributed by atoms with van der Waals surface area (Å²) in [5, 5.41) is 12.3. The zero-order valence-electron chi connectivity index (χ0n) is 79.2. The van der Waals surface area contributed by atoms with Crippen molar-refractivity contribution in [1.29, 1.82) is 0 Å². The van der Waals surface area contributed by atoms with E-state index in [2.05, 4.69) is 141 Å². The number of carbonyl (C=O) groups is 4. The fourth-order valence-corrected chi connectivity index (χ4v) is 29.8. The Hall–Kier alpha value is 0.303. The van der Waals surface area contributed by atoms with Gasteiger partial charge in [-0.3, -0.25) is 33.4 Å². The number of nitrogens with zero attached hydrogens (tertiary/aromatic N) is 5. The van der Waals surface area contributed by atoms with Gasteiger partial charge in [0.25, 0.3) is 6.47 Å². The topological polar surface area (TPSA) is 156 Å². The van der Waals surface area contributed by atoms with Crippen LogP contribution in [0.25, 0.3) is 0 Å². The monoisotopic (exact) mass is 1730 g/mol. The van der Waals surface area contributed by atoms with Crippen molar-refractivity contribution >= 4 is 47.8 Å². The standard InChI is InChI=1S/2C32H50N2O2.C28H41NO2.C4H10ClN.CH3F.CH2O3.ClH.2K.H/c2*1-20-15-29-30(34(19-20)14-13-33(5)6)22(3)32(36-29)12-10-25-26-8-7-23-16-24(35)9-11-31(23,4)28(26)17-27(25)21(2)18-32;1-16-11-25-26(29-15-16)18(3)28(31-25)10-8-21-22-6-5-19-12-20(30)7-9-27(19,4)24(22)13-23(21)17(2)14-28;1-6(2)4-3-5;1-2;2-1-4-3;;;;/h2*16,20,22,25-26,28-30H,7-15,17-19H2,1-6H3;12,16,18,21-22,24-26,29H,5-11,13-15H2,1-4H3;3-4H2,1-2H3;1H3;1,3H;1H;;;/q;;;;;;;2*+1;-1/p-1/t2*20-,22+,25-,26-,28-,29+,30-,31-,32-;16-,18+,21-,22-,24-,25+,26-,27-,28-;;;;;;;/m000......./s1/i;;;;1D;;;;;. The number of likely N-dealkylation sites (tertiary alicyclic amines) is 2. The molecule has 0 bridgehead atoms. The number of ether oxygens (including phenoxy) is 3. The second kappa shape index (κ2) is 41.6. The van der Waals surface area contributed by atoms with Crippen LogP contribution in [0.15, 0.2) is 68.4 Å². The van der Waals surface area contributed by atoms with Crippen molar-refractivity contribution in [3.05, 3.63) is 68.4 Å². The maximum Gasteiger partial charge on any atom is 1.00 e. The third-order valence-corrected chi connectivity index (χ3v) is 35.6. The molecule has 6 aliphatic heterocycles. The van der Waals surface area contributed by atoms with Crippen LogP contribution >= 0.6 is 24.0 Å². The van der Waals surface area contributed by atoms with Gasteiger partial charge in [0.15, 0.2) is 17.3 Å². The van der Waals surface area contributed by atoms with Crippen LogP contribution in [-0.2, 0) is 38.3 Å². The first-order valence-corrected chi connectivity index (χ1v) is 46.8. The second-order valence-electron chi connectivity index (χ2n) is 42.8. The van der Waals surface area contributed by atoms with Gasteiger partial charge < -0.3 is 45.8 Å². The van der Waals surface area contributed by atoms with Gasteiger partial charge in [0.1, 0.15) is 0 Å². The number of hydrogen-bond donors (Lipinski definition) is 1. The Morgan fingerprint density at radius 3 is 1.18 bits per heavy atom. The van der Waals surface area contributed by atoms with E-state index in [1.807, 2.05) is 37.2 Å². The predicted molar refractivity (Wildman–Crippen MR) is 467 cm³/mol. The zero-order valence-corrected chi connectivity index (χ0v) is 85.0. The van der Waals surface area contributed by atoms with Gasteiger partial charge in [0, 0.05) is 107 Å². The molecule has 0 aromatic rings. The molecule has 27 atom stereocenters. The number of allylic oxidation sites excluding steroid dienone is 9. The van der Waals surface area contributed by atoms with Gasteiger partial charge in [0.2, 0.25) is 0 Å². The molecule has 1 N–H and O–H groups in total. The molecular weight excluding hydrogens is 1570 g/mol. The number of alkyl halides is 2. The van der Waals surface area contributed by atoms with Gasteiger partial charge in [0.05, 0.1) is 43.6 Å². The molecule has 20 heteroatoms. The summed E-state index contributed by atoms with van der Waals surface area (Å²) in [6, 6.07) is 1.69. The van der Waals surface area contributed by atoms with Crippen LogP contribution in [0.5, 0.6) is 0 Å². The van der Waals surface area contributed by atoms with E-state index in [1.165, 1.54) is 126 Å². The minimum Gasteiger partial charge on any atom is -1.00 e. The van der Waals surface area contributed by atoms with Crippen molar-refractivity contribution in [2.75, 3.05) is 108 Å². The number of likely N-dealkylation sites (N-methyl/N-ethyl adjacent to an activating group) is 2. The predicted octanol–water partition coefficient (Wildman–Crippen LogP) is 11.7. The van der Waals surface area contributed by atoms with Gasteiger partial charge in [-0.05, 0) is 329 Å². The Kier molecular flexibility index (Phi) is 34.9. The number of fused-ring (bicyclic) bond motifs is 18. The first-order valence-electron chi connectivity index (χ1n) is 46.9. The van der Waals surface area contributed by atoms with Crippen LogP contribution in [0.3, 0.4) is 0 Å². The Morgan fingerprint density at radius 2 is 0.864 bits per heavy atom. The van der Waals surface area contributed by atoms with E-state index in [4.69, 9.17) is 37.2 Å². The van der Waals surface area contributed by atoms with E-state index in [0.29, 0.717) is 83.4 Å². The number of rotatable bonds is 9. The summed E-state index contributed by atoms with van der Waals surface area (Å²) in [5.41, 5.74) is 15.7. The second-order valence-corrected chi connectivity index (χ2v) is 43.2. The Morgan fingerprint density at radius 1 is 0.542 bits per heavy atom. The van der Waals surface area contributed by atoms with Crippen molar-refractivity contribution in [2.45, 2.75) is 310 Å². The molecule has 12 fully saturated rings. The summed E-state index contributed by atoms with van der Waals surface area (Å²) >= 11 is 5.35. The Balaban J connectivity index is 0.000000188. The molecule has 6 saturated carbocycles. The van der Waals surface area contributed by atoms with E-state index in [9.17, 15) is 18.8 Å². The fourth-order valence-electron chi connectivity index (χ4n) is 29.5. The maximum absolute atomic E-state index is 12.2. The van der Waals surface area contributed by atoms with Gasteiger partial charge >= 0.3 is 103 Å². The van der Waals surface area contributed by atoms with Gasteiger partial charge in [-0.1, -0.05) is 112 Å². The normalized spacial score (nSPS) is 43.1. The number of hydrogen-bond acceptors (Lipinski definition) is 15. The minimum atomic E-state index is -1.00. The molecule has 18 rings (SSSR count). The van der Waals surface area contributed by atoms with Crippen molar-refractivity contribution < 1.29 is 153 Å². The smallest absolute Gasteiger partial charge is 1.00 e. The van der Waals surface area contributed by atoms with Crippen molar-refractivity contribution in [2.24, 2.45) is 105 Å². The van der Waals surface area contributed by atoms with Gasteiger partial charge in [-0.15, -0.1) is 24.0 Å². The fraction of sp³-hybridized carbons (Fsp3) is 0.837. The van der Waals surface area contributed by atoms with Gasteiger partial charge in [-0.25, -0.2) is 0 Å². The quantitative estimate of drug-likeness (QED) is 0.0580. The Bertz CT molecular complexity index is 3600. The van der Waals surface area contributed by atoms with E-state index in [-0.39, 0.29) is 156 Å². The summed E-state index contributed by atoms with van der Waals surface area (Å²) in [7, 11) is 11.8. The SMILES string of the molecule is CC1=C2C[C@H]3[C@@H](CCC4=CC(=O)CC[C@@]43C)[C@@H]2CC[C@@]2(C1)O[C@@H]1C[C@H](C)CN(CCN(C)C)[C@H]1[C@H]2C.CC1=C2C[C@H]3[C@@H](CCC4=CC(=O)CC[C@@]43C)[C@@H]2CC[C@@]2(C1)O[C@@H]1C[C@H](C)CN(CCN(C)C)[C@H]1[C@H]2C.CC1=C2C[C@H]3[C@@H](CCC4=CC(=O)CC[C@@]43C)[C@@H]2CC[C@@]2(C1)O[C@@H]1C[C@H](C)CN[C@H]1[C@H]2C.CN(C)CCCl.Cl.O=CO[O-].[2H]CF.[H-].[K+].[K+]. The maximum atomic E-state index is 12.2. The Labute approximate surface area is 812 Å². The van der Waals surface area contributed by atoms with Crippen LogP contribution in [0, 0.1) is 105 Å². The number of carbonyl (C=O) groups excluding carboxylic acids is 4. The van der Waals surface area contributed by atoms with Crippen molar-refractivity contribution in [3.8, 4) is 0 Å². The zero-order chi connectivity index (χ0) is 83.5. The number of ketones is 3. The molecule has 3 spiro atoms. The van der Waals surface area contributed by atoms with E-state index < -0.39 is 7.15 Å². The number of piperidine rings is 3. The molecule has 0 radical (unpaired) electrons. The molecule has 0 amide bonds. The molecule has 15 nitrogen and oxygen atoms in total. The van der Waals surface area contributed by atoms with Crippen LogP contribution in [0.1, 0.15) is 259 Å². The summed E-state index contributed by atoms with van der Waals surface area (Å²) < 4.78 is 37.0. The minimum absolute atomic E-state index is 0. The average molecular weight is 1730 g/mol. The molecular formula is C98H157Cl2FK2N6O9. The third kappa shape index (κ3) is 20.0. The van der Waals surface area contributed by atoms with E-state index in [0.717, 1.165) is 181 Å². The molecule has 0 aromatic heterocycles. The summed E-state index contributed by atoms with van der Waals surface area (Å²) in [5.74, 6) is 12.6. The number of nitrogens with one attached hydrogen (secondary N) is 1. The molecule has 0 unspecified atom stereocenters. The molecule has 0 aromatic carbocycles. The van der Waals surface area contributed by atoms with Crippen LogP contribution in [0.2, 0.25) is 0 Å². The average Bonchev–Trinajstić information content (AvgIpc) is 1.56. The third-order valence-electron chi connectivity index (χ3n) is 35.5. The summed E-state index contributed by atoms with van der Waals surface area (Å²) in [6.07, 6.45) is 38.6. The first-order chi connectivity index (χ1) is 55.1. The van der Waals surface area contributed by atoms with Gasteiger partial charge in [-0.2, -0.15) is 0 Å².